The summed E-state index contributed by atoms with van der Waals surface area (Å²) in [6.45, 7) is 2.69. The normalized spacial score (nSPS) is 14.4. The Balaban J connectivity index is 1.89. The predicted octanol–water partition coefficient (Wildman–Crippen LogP) is 1.28. The van der Waals surface area contributed by atoms with Crippen LogP contribution >= 0.6 is 11.5 Å². The van der Waals surface area contributed by atoms with Gasteiger partial charge in [-0.3, -0.25) is 0 Å². The van der Waals surface area contributed by atoms with Gasteiger partial charge in [0, 0.05) is 31.7 Å². The Kier molecular flexibility index (Phi) is 3.22. The van der Waals surface area contributed by atoms with Crippen LogP contribution in [0, 0.1) is 0 Å². The molecule has 0 amide bonds. The van der Waals surface area contributed by atoms with E-state index in [0.29, 0.717) is 0 Å². The van der Waals surface area contributed by atoms with E-state index in [0.717, 1.165) is 30.3 Å². The third kappa shape index (κ3) is 2.22. The van der Waals surface area contributed by atoms with E-state index in [1.807, 2.05) is 0 Å². The van der Waals surface area contributed by atoms with Crippen LogP contribution in [-0.2, 0) is 6.54 Å². The van der Waals surface area contributed by atoms with Crippen LogP contribution in [0.2, 0.25) is 0 Å². The zero-order valence-electron chi connectivity index (χ0n) is 10.7. The molecule has 1 aliphatic heterocycles. The SMILES string of the molecule is CN1CCN(Cc2nnsc2NN)c2ccccc21. The van der Waals surface area contributed by atoms with Crippen molar-refractivity contribution in [3.63, 3.8) is 0 Å². The third-order valence-electron chi connectivity index (χ3n) is 3.37. The Bertz CT molecular complexity index is 569. The molecular formula is C12H16N6S. The number of nitrogen functional groups attached to an aromatic ring is 1. The Morgan fingerprint density at radius 2 is 2.11 bits per heavy atom. The molecule has 1 aliphatic rings. The van der Waals surface area contributed by atoms with Crippen LogP contribution in [0.3, 0.4) is 0 Å². The lowest BCUT2D eigenvalue weighted by Gasteiger charge is -2.36. The minimum absolute atomic E-state index is 0.723. The summed E-state index contributed by atoms with van der Waals surface area (Å²) >= 11 is 1.29. The molecule has 6 nitrogen and oxygen atoms in total. The molecule has 19 heavy (non-hydrogen) atoms. The van der Waals surface area contributed by atoms with Crippen molar-refractivity contribution in [2.24, 2.45) is 5.84 Å². The van der Waals surface area contributed by atoms with Crippen LogP contribution < -0.4 is 21.1 Å². The van der Waals surface area contributed by atoms with E-state index in [4.69, 9.17) is 5.84 Å². The van der Waals surface area contributed by atoms with Crippen LogP contribution in [0.1, 0.15) is 5.69 Å². The van der Waals surface area contributed by atoms with Gasteiger partial charge in [-0.05, 0) is 12.1 Å². The number of nitrogens with one attached hydrogen (secondary N) is 1. The standard InChI is InChI=1S/C12H16N6S/c1-17-6-7-18(11-5-3-2-4-10(11)17)8-9-12(14-13)19-16-15-9/h2-5,14H,6-8,13H2,1H3. The van der Waals surface area contributed by atoms with Crippen molar-refractivity contribution in [1.82, 2.24) is 9.59 Å². The molecule has 7 heteroatoms. The van der Waals surface area contributed by atoms with Gasteiger partial charge in [0.15, 0.2) is 0 Å². The highest BCUT2D eigenvalue weighted by Crippen LogP contribution is 2.33. The molecule has 0 spiro atoms. The number of hydrazine groups is 1. The molecule has 0 saturated heterocycles. The highest BCUT2D eigenvalue weighted by Gasteiger charge is 2.21. The molecule has 0 atom stereocenters. The quantitative estimate of drug-likeness (QED) is 0.650. The second-order valence-corrected chi connectivity index (χ2v) is 5.28. The summed E-state index contributed by atoms with van der Waals surface area (Å²) in [7, 11) is 2.12. The number of rotatable bonds is 3. The van der Waals surface area contributed by atoms with Gasteiger partial charge >= 0.3 is 0 Å². The van der Waals surface area contributed by atoms with Crippen molar-refractivity contribution in [2.75, 3.05) is 35.4 Å². The number of hydrogen-bond donors (Lipinski definition) is 2. The monoisotopic (exact) mass is 276 g/mol. The molecule has 1 aromatic carbocycles. The Hall–Kier alpha value is -1.86. The Morgan fingerprint density at radius 3 is 2.89 bits per heavy atom. The summed E-state index contributed by atoms with van der Waals surface area (Å²) in [4.78, 5) is 4.58. The highest BCUT2D eigenvalue weighted by molar-refractivity contribution is 7.10. The maximum Gasteiger partial charge on any atom is 0.149 e. The number of anilines is 3. The molecule has 3 N–H and O–H groups in total. The zero-order valence-corrected chi connectivity index (χ0v) is 11.5. The van der Waals surface area contributed by atoms with Gasteiger partial charge in [-0.25, -0.2) is 5.84 Å². The number of likely N-dealkylation sites (N-methyl/N-ethyl adjacent to an activating group) is 1. The fourth-order valence-corrected chi connectivity index (χ4v) is 2.82. The van der Waals surface area contributed by atoms with Crippen molar-refractivity contribution in [3.05, 3.63) is 30.0 Å². The van der Waals surface area contributed by atoms with Crippen LogP contribution in [0.4, 0.5) is 16.4 Å². The Morgan fingerprint density at radius 1 is 1.32 bits per heavy atom. The molecule has 0 fully saturated rings. The fourth-order valence-electron chi connectivity index (χ4n) is 2.33. The van der Waals surface area contributed by atoms with Crippen molar-refractivity contribution in [1.29, 1.82) is 0 Å². The molecule has 2 aromatic rings. The second kappa shape index (κ2) is 5.02. The van der Waals surface area contributed by atoms with Gasteiger partial charge in [-0.1, -0.05) is 16.6 Å². The van der Waals surface area contributed by atoms with Gasteiger partial charge in [-0.2, -0.15) is 0 Å². The summed E-state index contributed by atoms with van der Waals surface area (Å²) in [5.41, 5.74) is 6.03. The van der Waals surface area contributed by atoms with E-state index in [1.165, 1.54) is 22.9 Å². The second-order valence-electron chi connectivity index (χ2n) is 4.52. The molecule has 0 radical (unpaired) electrons. The van der Waals surface area contributed by atoms with Crippen LogP contribution in [0.5, 0.6) is 0 Å². The van der Waals surface area contributed by atoms with Gasteiger partial charge < -0.3 is 15.2 Å². The number of benzene rings is 1. The molecule has 3 rings (SSSR count). The molecule has 0 bridgehead atoms. The van der Waals surface area contributed by atoms with E-state index < -0.39 is 0 Å². The van der Waals surface area contributed by atoms with Crippen molar-refractivity contribution in [3.8, 4) is 0 Å². The van der Waals surface area contributed by atoms with Crippen molar-refractivity contribution >= 4 is 27.9 Å². The number of hydrogen-bond acceptors (Lipinski definition) is 7. The van der Waals surface area contributed by atoms with E-state index in [9.17, 15) is 0 Å². The predicted molar refractivity (Wildman–Crippen MR) is 78.5 cm³/mol. The van der Waals surface area contributed by atoms with Gasteiger partial charge in [0.2, 0.25) is 0 Å². The topological polar surface area (TPSA) is 70.3 Å². The lowest BCUT2D eigenvalue weighted by atomic mass is 10.1. The van der Waals surface area contributed by atoms with E-state index in [2.05, 4.69) is 56.1 Å². The molecule has 0 unspecified atom stereocenters. The molecule has 100 valence electrons. The van der Waals surface area contributed by atoms with Gasteiger partial charge in [0.1, 0.15) is 10.7 Å². The van der Waals surface area contributed by atoms with Gasteiger partial charge in [0.05, 0.1) is 17.9 Å². The van der Waals surface area contributed by atoms with E-state index in [-0.39, 0.29) is 0 Å². The molecule has 0 saturated carbocycles. The first-order valence-corrected chi connectivity index (χ1v) is 6.90. The molecule has 1 aromatic heterocycles. The minimum Gasteiger partial charge on any atom is -0.371 e. The maximum absolute atomic E-state index is 5.47. The van der Waals surface area contributed by atoms with Crippen LogP contribution in [0.15, 0.2) is 24.3 Å². The number of aromatic nitrogens is 2. The largest absolute Gasteiger partial charge is 0.371 e. The average Bonchev–Trinajstić information content (AvgIpc) is 2.89. The van der Waals surface area contributed by atoms with Gasteiger partial charge in [0.25, 0.3) is 0 Å². The number of para-hydroxylation sites is 2. The lowest BCUT2D eigenvalue weighted by Crippen LogP contribution is -2.38. The van der Waals surface area contributed by atoms with E-state index in [1.54, 1.807) is 0 Å². The molecular weight excluding hydrogens is 260 g/mol. The summed E-state index contributed by atoms with van der Waals surface area (Å²) in [5, 5.41) is 4.97. The number of nitrogens with zero attached hydrogens (tertiary/aromatic N) is 4. The van der Waals surface area contributed by atoms with Gasteiger partial charge in [-0.15, -0.1) is 5.10 Å². The first-order chi connectivity index (χ1) is 9.29. The average molecular weight is 276 g/mol. The number of fused-ring (bicyclic) bond motifs is 1. The summed E-state index contributed by atoms with van der Waals surface area (Å²) in [5.74, 6) is 5.47. The highest BCUT2D eigenvalue weighted by atomic mass is 32.1. The lowest BCUT2D eigenvalue weighted by molar-refractivity contribution is 0.723. The van der Waals surface area contributed by atoms with E-state index >= 15 is 0 Å². The van der Waals surface area contributed by atoms with Crippen molar-refractivity contribution in [2.45, 2.75) is 6.54 Å². The maximum atomic E-state index is 5.47. The summed E-state index contributed by atoms with van der Waals surface area (Å²) < 4.78 is 3.94. The third-order valence-corrected chi connectivity index (χ3v) is 4.07. The van der Waals surface area contributed by atoms with Crippen LogP contribution in [-0.4, -0.2) is 29.7 Å². The first-order valence-electron chi connectivity index (χ1n) is 6.12. The first kappa shape index (κ1) is 12.2. The Labute approximate surface area is 116 Å². The van der Waals surface area contributed by atoms with Crippen LogP contribution in [0.25, 0.3) is 0 Å². The molecule has 2 heterocycles. The zero-order chi connectivity index (χ0) is 13.2. The number of nitrogens with two attached hydrogens (primary N) is 1. The summed E-state index contributed by atoms with van der Waals surface area (Å²) in [6, 6.07) is 8.41. The fraction of sp³-hybridized carbons (Fsp3) is 0.333. The smallest absolute Gasteiger partial charge is 0.149 e. The summed E-state index contributed by atoms with van der Waals surface area (Å²) in [6.07, 6.45) is 0. The molecule has 0 aliphatic carbocycles. The minimum atomic E-state index is 0.723. The van der Waals surface area contributed by atoms with Crippen molar-refractivity contribution < 1.29 is 0 Å².